The van der Waals surface area contributed by atoms with Crippen molar-refractivity contribution in [2.75, 3.05) is 5.32 Å². The van der Waals surface area contributed by atoms with Crippen LogP contribution in [-0.2, 0) is 4.79 Å². The van der Waals surface area contributed by atoms with E-state index >= 15 is 0 Å². The van der Waals surface area contributed by atoms with Gasteiger partial charge in [-0.15, -0.1) is 0 Å². The number of amides is 1. The van der Waals surface area contributed by atoms with Crippen molar-refractivity contribution in [1.82, 2.24) is 0 Å². The van der Waals surface area contributed by atoms with Crippen molar-refractivity contribution in [2.24, 2.45) is 0 Å². The van der Waals surface area contributed by atoms with Crippen LogP contribution in [0.15, 0.2) is 18.2 Å². The van der Waals surface area contributed by atoms with E-state index in [1.807, 2.05) is 0 Å². The lowest BCUT2D eigenvalue weighted by molar-refractivity contribution is -0.167. The first-order chi connectivity index (χ1) is 7.71. The van der Waals surface area contributed by atoms with E-state index in [0.29, 0.717) is 9.13 Å². The number of carbonyl (C=O) groups excluding carboxylic acids is 2. The highest BCUT2D eigenvalue weighted by atomic mass is 127. The SMILES string of the molecule is CC(=O)c1ccc(NC(=O)C(F)(F)F)c(I)c1. The van der Waals surface area contributed by atoms with Gasteiger partial charge < -0.3 is 5.32 Å². The summed E-state index contributed by atoms with van der Waals surface area (Å²) in [4.78, 5) is 21.7. The Morgan fingerprint density at radius 3 is 2.29 bits per heavy atom. The summed E-state index contributed by atoms with van der Waals surface area (Å²) in [5.41, 5.74) is 0.400. The number of anilines is 1. The molecule has 0 aliphatic carbocycles. The number of hydrogen-bond donors (Lipinski definition) is 1. The molecular formula is C10H7F3INO2. The topological polar surface area (TPSA) is 46.2 Å². The number of alkyl halides is 3. The van der Waals surface area contributed by atoms with E-state index in [0.717, 1.165) is 0 Å². The molecule has 0 spiro atoms. The van der Waals surface area contributed by atoms with E-state index in [-0.39, 0.29) is 11.5 Å². The Bertz CT molecular complexity index is 471. The van der Waals surface area contributed by atoms with Gasteiger partial charge in [-0.1, -0.05) is 0 Å². The lowest BCUT2D eigenvalue weighted by atomic mass is 10.1. The second-order valence-electron chi connectivity index (χ2n) is 3.20. The normalized spacial score (nSPS) is 11.1. The molecule has 0 radical (unpaired) electrons. The smallest absolute Gasteiger partial charge is 0.317 e. The van der Waals surface area contributed by atoms with E-state index in [2.05, 4.69) is 0 Å². The molecule has 7 heteroatoms. The molecule has 1 aromatic rings. The molecule has 0 aliphatic rings. The Labute approximate surface area is 109 Å². The van der Waals surface area contributed by atoms with Crippen molar-refractivity contribution in [3.63, 3.8) is 0 Å². The minimum atomic E-state index is -4.93. The third-order valence-electron chi connectivity index (χ3n) is 1.88. The fraction of sp³-hybridized carbons (Fsp3) is 0.200. The molecule has 0 saturated heterocycles. The van der Waals surface area contributed by atoms with Crippen molar-refractivity contribution in [2.45, 2.75) is 13.1 Å². The van der Waals surface area contributed by atoms with Crippen LogP contribution >= 0.6 is 22.6 Å². The number of benzene rings is 1. The third kappa shape index (κ3) is 3.69. The first-order valence-corrected chi connectivity index (χ1v) is 5.48. The monoisotopic (exact) mass is 357 g/mol. The van der Waals surface area contributed by atoms with Crippen LogP contribution in [-0.4, -0.2) is 17.9 Å². The van der Waals surface area contributed by atoms with E-state index in [1.165, 1.54) is 25.1 Å². The number of Topliss-reactive ketones (excluding diaryl/α,β-unsaturated/α-hetero) is 1. The summed E-state index contributed by atoms with van der Waals surface area (Å²) < 4.78 is 36.4. The van der Waals surface area contributed by atoms with Gasteiger partial charge in [-0.05, 0) is 47.7 Å². The molecule has 1 amide bonds. The zero-order valence-electron chi connectivity index (χ0n) is 8.56. The summed E-state index contributed by atoms with van der Waals surface area (Å²) >= 11 is 1.75. The van der Waals surface area contributed by atoms with Crippen molar-refractivity contribution in [3.05, 3.63) is 27.3 Å². The first kappa shape index (κ1) is 13.9. The van der Waals surface area contributed by atoms with Crippen LogP contribution in [0.4, 0.5) is 18.9 Å². The number of halogens is 4. The minimum Gasteiger partial charge on any atom is -0.317 e. The van der Waals surface area contributed by atoms with Crippen LogP contribution in [0.25, 0.3) is 0 Å². The first-order valence-electron chi connectivity index (χ1n) is 4.40. The fourth-order valence-electron chi connectivity index (χ4n) is 1.03. The van der Waals surface area contributed by atoms with Gasteiger partial charge in [0, 0.05) is 9.13 Å². The summed E-state index contributed by atoms with van der Waals surface area (Å²) in [7, 11) is 0. The van der Waals surface area contributed by atoms with Crippen LogP contribution in [0.5, 0.6) is 0 Å². The molecule has 1 aromatic carbocycles. The van der Waals surface area contributed by atoms with Gasteiger partial charge in [0.2, 0.25) is 0 Å². The molecule has 0 aliphatic heterocycles. The summed E-state index contributed by atoms with van der Waals surface area (Å²) in [6.07, 6.45) is -4.93. The summed E-state index contributed by atoms with van der Waals surface area (Å²) in [6, 6.07) is 4.04. The van der Waals surface area contributed by atoms with Gasteiger partial charge >= 0.3 is 12.1 Å². The molecule has 3 nitrogen and oxygen atoms in total. The average molecular weight is 357 g/mol. The maximum atomic E-state index is 12.0. The molecule has 0 heterocycles. The van der Waals surface area contributed by atoms with Gasteiger partial charge in [0.1, 0.15) is 0 Å². The van der Waals surface area contributed by atoms with Crippen LogP contribution in [0.3, 0.4) is 0 Å². The van der Waals surface area contributed by atoms with E-state index < -0.39 is 12.1 Å². The van der Waals surface area contributed by atoms with E-state index in [4.69, 9.17) is 0 Å². The maximum absolute atomic E-state index is 12.0. The molecule has 0 bridgehead atoms. The Morgan fingerprint density at radius 1 is 1.29 bits per heavy atom. The number of hydrogen-bond acceptors (Lipinski definition) is 2. The highest BCUT2D eigenvalue weighted by Gasteiger charge is 2.38. The minimum absolute atomic E-state index is 0.0259. The molecule has 0 fully saturated rings. The largest absolute Gasteiger partial charge is 0.471 e. The van der Waals surface area contributed by atoms with Crippen molar-refractivity contribution < 1.29 is 22.8 Å². The molecule has 0 saturated carbocycles. The van der Waals surface area contributed by atoms with Gasteiger partial charge in [-0.2, -0.15) is 13.2 Å². The van der Waals surface area contributed by atoms with Gasteiger partial charge in [0.25, 0.3) is 0 Å². The molecule has 1 rings (SSSR count). The van der Waals surface area contributed by atoms with Crippen LogP contribution in [0.2, 0.25) is 0 Å². The Morgan fingerprint density at radius 2 is 1.88 bits per heavy atom. The molecule has 0 atom stereocenters. The zero-order valence-corrected chi connectivity index (χ0v) is 10.7. The van der Waals surface area contributed by atoms with Gasteiger partial charge in [0.15, 0.2) is 5.78 Å². The fourth-order valence-corrected chi connectivity index (χ4v) is 1.68. The Hall–Kier alpha value is -1.12. The van der Waals surface area contributed by atoms with Crippen molar-refractivity contribution in [1.29, 1.82) is 0 Å². The summed E-state index contributed by atoms with van der Waals surface area (Å²) in [5, 5.41) is 1.73. The predicted octanol–water partition coefficient (Wildman–Crippen LogP) is 2.99. The van der Waals surface area contributed by atoms with E-state index in [1.54, 1.807) is 27.9 Å². The zero-order chi connectivity index (χ0) is 13.2. The molecule has 0 aromatic heterocycles. The van der Waals surface area contributed by atoms with Gasteiger partial charge in [-0.3, -0.25) is 9.59 Å². The predicted molar refractivity (Wildman–Crippen MR) is 63.8 cm³/mol. The van der Waals surface area contributed by atoms with Crippen molar-refractivity contribution >= 4 is 40.0 Å². The highest BCUT2D eigenvalue weighted by Crippen LogP contribution is 2.23. The van der Waals surface area contributed by atoms with Crippen molar-refractivity contribution in [3.8, 4) is 0 Å². The quantitative estimate of drug-likeness (QED) is 0.654. The lowest BCUT2D eigenvalue weighted by Gasteiger charge is -2.10. The Balaban J connectivity index is 2.95. The number of rotatable bonds is 2. The molecule has 17 heavy (non-hydrogen) atoms. The van der Waals surface area contributed by atoms with E-state index in [9.17, 15) is 22.8 Å². The van der Waals surface area contributed by atoms with Crippen LogP contribution in [0, 0.1) is 3.57 Å². The second kappa shape index (κ2) is 5.03. The maximum Gasteiger partial charge on any atom is 0.471 e. The summed E-state index contributed by atoms with van der Waals surface area (Å²) in [6.45, 7) is 1.35. The highest BCUT2D eigenvalue weighted by molar-refractivity contribution is 14.1. The standard InChI is InChI=1S/C10H7F3INO2/c1-5(16)6-2-3-8(7(14)4-6)15-9(17)10(11,12)13/h2-4H,1H3,(H,15,17). The lowest BCUT2D eigenvalue weighted by Crippen LogP contribution is -2.30. The summed E-state index contributed by atoms with van der Waals surface area (Å²) in [5.74, 6) is -2.23. The molecule has 92 valence electrons. The Kier molecular flexibility index (Phi) is 4.12. The third-order valence-corrected chi connectivity index (χ3v) is 2.77. The number of carbonyl (C=O) groups is 2. The van der Waals surface area contributed by atoms with Crippen LogP contribution in [0.1, 0.15) is 17.3 Å². The van der Waals surface area contributed by atoms with Crippen LogP contribution < -0.4 is 5.32 Å². The van der Waals surface area contributed by atoms with Gasteiger partial charge in [0.05, 0.1) is 5.69 Å². The molecule has 0 unspecified atom stereocenters. The van der Waals surface area contributed by atoms with Gasteiger partial charge in [-0.25, -0.2) is 0 Å². The number of nitrogens with one attached hydrogen (secondary N) is 1. The molecule has 1 N–H and O–H groups in total. The average Bonchev–Trinajstić information content (AvgIpc) is 2.19. The second-order valence-corrected chi connectivity index (χ2v) is 4.36. The number of ketones is 1. The molecular weight excluding hydrogens is 350 g/mol.